The molecule has 0 aliphatic carbocycles. The third-order valence-electron chi connectivity index (χ3n) is 1.45. The number of hydrogen-bond acceptors (Lipinski definition) is 1. The van der Waals surface area contributed by atoms with E-state index in [2.05, 4.69) is 0 Å². The minimum absolute atomic E-state index is 0. The van der Waals surface area contributed by atoms with Crippen molar-refractivity contribution in [3.8, 4) is 0 Å². The standard InChI is InChI=1S/C8H9Cl2N.ClH/c1-5(11)7-3-2-6(9)4-8(7)10;/h2-5H,11H2,1H3;1H/t5-;/m1./s1. The predicted molar refractivity (Wildman–Crippen MR) is 56.3 cm³/mol. The van der Waals surface area contributed by atoms with Crippen LogP contribution in [0.25, 0.3) is 0 Å². The van der Waals surface area contributed by atoms with E-state index in [0.29, 0.717) is 10.0 Å². The van der Waals surface area contributed by atoms with E-state index in [9.17, 15) is 0 Å². The molecule has 0 fully saturated rings. The first-order chi connectivity index (χ1) is 5.11. The molecule has 0 bridgehead atoms. The van der Waals surface area contributed by atoms with Gasteiger partial charge in [-0.05, 0) is 24.6 Å². The van der Waals surface area contributed by atoms with Crippen molar-refractivity contribution in [3.63, 3.8) is 0 Å². The molecule has 0 radical (unpaired) electrons. The van der Waals surface area contributed by atoms with E-state index < -0.39 is 0 Å². The van der Waals surface area contributed by atoms with Gasteiger partial charge in [0.05, 0.1) is 0 Å². The summed E-state index contributed by atoms with van der Waals surface area (Å²) in [4.78, 5) is 0. The lowest BCUT2D eigenvalue weighted by Gasteiger charge is -2.07. The van der Waals surface area contributed by atoms with Crippen LogP contribution in [0.5, 0.6) is 0 Å². The Bertz CT molecular complexity index is 260. The van der Waals surface area contributed by atoms with E-state index in [1.54, 1.807) is 12.1 Å². The van der Waals surface area contributed by atoms with E-state index in [-0.39, 0.29) is 18.4 Å². The van der Waals surface area contributed by atoms with Crippen molar-refractivity contribution in [2.75, 3.05) is 0 Å². The number of halogens is 3. The first-order valence-corrected chi connectivity index (χ1v) is 4.07. The minimum Gasteiger partial charge on any atom is -0.324 e. The Balaban J connectivity index is 0.00000121. The van der Waals surface area contributed by atoms with Crippen molar-refractivity contribution >= 4 is 35.6 Å². The SMILES string of the molecule is C[C@@H](N)c1ccc(Cl)cc1Cl.Cl. The summed E-state index contributed by atoms with van der Waals surface area (Å²) in [5.74, 6) is 0. The topological polar surface area (TPSA) is 26.0 Å². The molecule has 4 heteroatoms. The Kier molecular flexibility index (Phi) is 4.95. The van der Waals surface area contributed by atoms with Crippen LogP contribution in [0.3, 0.4) is 0 Å². The van der Waals surface area contributed by atoms with E-state index in [0.717, 1.165) is 5.56 Å². The van der Waals surface area contributed by atoms with Crippen LogP contribution in [0.4, 0.5) is 0 Å². The number of rotatable bonds is 1. The molecule has 2 N–H and O–H groups in total. The normalized spacial score (nSPS) is 12.0. The molecule has 1 nitrogen and oxygen atoms in total. The van der Waals surface area contributed by atoms with E-state index in [1.165, 1.54) is 0 Å². The molecular weight excluding hydrogens is 216 g/mol. The average Bonchev–Trinajstić information content (AvgIpc) is 1.85. The number of nitrogens with two attached hydrogens (primary N) is 1. The molecule has 68 valence electrons. The van der Waals surface area contributed by atoms with Crippen molar-refractivity contribution in [3.05, 3.63) is 33.8 Å². The van der Waals surface area contributed by atoms with Gasteiger partial charge in [-0.1, -0.05) is 29.3 Å². The molecule has 1 rings (SSSR count). The van der Waals surface area contributed by atoms with Gasteiger partial charge in [-0.3, -0.25) is 0 Å². The minimum atomic E-state index is -0.0419. The summed E-state index contributed by atoms with van der Waals surface area (Å²) in [6, 6.07) is 5.28. The fraction of sp³-hybridized carbons (Fsp3) is 0.250. The summed E-state index contributed by atoms with van der Waals surface area (Å²) in [6.45, 7) is 1.88. The maximum absolute atomic E-state index is 5.86. The monoisotopic (exact) mass is 225 g/mol. The zero-order chi connectivity index (χ0) is 8.43. The molecular formula is C8H10Cl3N. The van der Waals surface area contributed by atoms with Crippen LogP contribution in [0.1, 0.15) is 18.5 Å². The summed E-state index contributed by atoms with van der Waals surface area (Å²) >= 11 is 11.6. The predicted octanol–water partition coefficient (Wildman–Crippen LogP) is 3.43. The second-order valence-corrected chi connectivity index (χ2v) is 3.30. The zero-order valence-corrected chi connectivity index (χ0v) is 8.88. The van der Waals surface area contributed by atoms with Gasteiger partial charge in [0.25, 0.3) is 0 Å². The van der Waals surface area contributed by atoms with Crippen LogP contribution in [0.15, 0.2) is 18.2 Å². The molecule has 0 amide bonds. The van der Waals surface area contributed by atoms with Gasteiger partial charge in [-0.15, -0.1) is 12.4 Å². The maximum atomic E-state index is 5.86. The molecule has 12 heavy (non-hydrogen) atoms. The van der Waals surface area contributed by atoms with Gasteiger partial charge < -0.3 is 5.73 Å². The first-order valence-electron chi connectivity index (χ1n) is 3.32. The van der Waals surface area contributed by atoms with Crippen molar-refractivity contribution < 1.29 is 0 Å². The summed E-state index contributed by atoms with van der Waals surface area (Å²) < 4.78 is 0. The highest BCUT2D eigenvalue weighted by Crippen LogP contribution is 2.24. The highest BCUT2D eigenvalue weighted by molar-refractivity contribution is 6.35. The summed E-state index contributed by atoms with van der Waals surface area (Å²) in [5, 5.41) is 1.27. The van der Waals surface area contributed by atoms with Gasteiger partial charge in [-0.2, -0.15) is 0 Å². The Morgan fingerprint density at radius 2 is 1.92 bits per heavy atom. The highest BCUT2D eigenvalue weighted by Gasteiger charge is 2.04. The lowest BCUT2D eigenvalue weighted by atomic mass is 10.1. The lowest BCUT2D eigenvalue weighted by molar-refractivity contribution is 0.818. The third kappa shape index (κ3) is 2.83. The van der Waals surface area contributed by atoms with Gasteiger partial charge >= 0.3 is 0 Å². The van der Waals surface area contributed by atoms with Crippen LogP contribution in [-0.2, 0) is 0 Å². The zero-order valence-electron chi connectivity index (χ0n) is 6.55. The summed E-state index contributed by atoms with van der Waals surface area (Å²) in [6.07, 6.45) is 0. The van der Waals surface area contributed by atoms with Crippen molar-refractivity contribution in [1.29, 1.82) is 0 Å². The van der Waals surface area contributed by atoms with Crippen LogP contribution in [-0.4, -0.2) is 0 Å². The Morgan fingerprint density at radius 1 is 1.33 bits per heavy atom. The fourth-order valence-electron chi connectivity index (χ4n) is 0.871. The number of hydrogen-bond donors (Lipinski definition) is 1. The molecule has 0 unspecified atom stereocenters. The highest BCUT2D eigenvalue weighted by atomic mass is 35.5. The second kappa shape index (κ2) is 4.93. The Labute approximate surface area is 88.3 Å². The van der Waals surface area contributed by atoms with E-state index >= 15 is 0 Å². The molecule has 0 saturated carbocycles. The van der Waals surface area contributed by atoms with Gasteiger partial charge in [0, 0.05) is 16.1 Å². The van der Waals surface area contributed by atoms with E-state index in [1.807, 2.05) is 13.0 Å². The van der Waals surface area contributed by atoms with Gasteiger partial charge in [0.2, 0.25) is 0 Å². The molecule has 0 aliphatic heterocycles. The smallest absolute Gasteiger partial charge is 0.0468 e. The first kappa shape index (κ1) is 12.0. The van der Waals surface area contributed by atoms with Crippen molar-refractivity contribution in [2.45, 2.75) is 13.0 Å². The molecule has 0 aromatic heterocycles. The van der Waals surface area contributed by atoms with Gasteiger partial charge in [-0.25, -0.2) is 0 Å². The van der Waals surface area contributed by atoms with Crippen LogP contribution >= 0.6 is 35.6 Å². The van der Waals surface area contributed by atoms with Gasteiger partial charge in [0.1, 0.15) is 0 Å². The lowest BCUT2D eigenvalue weighted by Crippen LogP contribution is -2.05. The molecule has 1 aromatic rings. The Hall–Kier alpha value is 0.0500. The summed E-state index contributed by atoms with van der Waals surface area (Å²) in [5.41, 5.74) is 6.56. The average molecular weight is 227 g/mol. The fourth-order valence-corrected chi connectivity index (χ4v) is 1.45. The quantitative estimate of drug-likeness (QED) is 0.780. The molecule has 0 saturated heterocycles. The van der Waals surface area contributed by atoms with Crippen LogP contribution < -0.4 is 5.73 Å². The molecule has 0 spiro atoms. The molecule has 1 aromatic carbocycles. The molecule has 0 aliphatic rings. The van der Waals surface area contributed by atoms with Crippen molar-refractivity contribution in [1.82, 2.24) is 0 Å². The maximum Gasteiger partial charge on any atom is 0.0468 e. The molecule has 1 atom stereocenters. The largest absolute Gasteiger partial charge is 0.324 e. The second-order valence-electron chi connectivity index (χ2n) is 2.45. The van der Waals surface area contributed by atoms with Gasteiger partial charge in [0.15, 0.2) is 0 Å². The Morgan fingerprint density at radius 3 is 2.33 bits per heavy atom. The number of benzene rings is 1. The van der Waals surface area contributed by atoms with Crippen LogP contribution in [0, 0.1) is 0 Å². The third-order valence-corrected chi connectivity index (χ3v) is 2.02. The molecule has 0 heterocycles. The van der Waals surface area contributed by atoms with E-state index in [4.69, 9.17) is 28.9 Å². The van der Waals surface area contributed by atoms with Crippen LogP contribution in [0.2, 0.25) is 10.0 Å². The summed E-state index contributed by atoms with van der Waals surface area (Å²) in [7, 11) is 0. The van der Waals surface area contributed by atoms with Crippen molar-refractivity contribution in [2.24, 2.45) is 5.73 Å².